The zero-order valence-electron chi connectivity index (χ0n) is 13.3. The molecule has 3 N–H and O–H groups in total. The average Bonchev–Trinajstić information content (AvgIpc) is 2.93. The van der Waals surface area contributed by atoms with Crippen molar-refractivity contribution in [3.63, 3.8) is 0 Å². The molecule has 0 unspecified atom stereocenters. The Bertz CT molecular complexity index is 833. The van der Waals surface area contributed by atoms with Crippen molar-refractivity contribution in [3.8, 4) is 5.75 Å². The van der Waals surface area contributed by atoms with E-state index < -0.39 is 0 Å². The van der Waals surface area contributed by atoms with Gasteiger partial charge in [-0.25, -0.2) is 4.79 Å². The van der Waals surface area contributed by atoms with Gasteiger partial charge in [-0.2, -0.15) is 0 Å². The smallest absolute Gasteiger partial charge is 0.323 e. The van der Waals surface area contributed by atoms with E-state index in [1.54, 1.807) is 0 Å². The minimum atomic E-state index is -0.174. The molecular weight excluding hydrogens is 290 g/mol. The summed E-state index contributed by atoms with van der Waals surface area (Å²) in [5, 5.41) is 3.50. The van der Waals surface area contributed by atoms with Gasteiger partial charge in [0.15, 0.2) is 0 Å². The first kappa shape index (κ1) is 15.4. The normalized spacial score (nSPS) is 12.4. The average molecular weight is 311 g/mol. The van der Waals surface area contributed by atoms with Gasteiger partial charge in [0, 0.05) is 12.6 Å². The molecule has 0 amide bonds. The fourth-order valence-electron chi connectivity index (χ4n) is 2.58. The second-order valence-electron chi connectivity index (χ2n) is 5.56. The first-order valence-corrected chi connectivity index (χ1v) is 7.83. The van der Waals surface area contributed by atoms with Gasteiger partial charge in [-0.1, -0.05) is 18.2 Å². The number of aromatic amines is 2. The Hall–Kier alpha value is -2.53. The lowest BCUT2D eigenvalue weighted by Crippen LogP contribution is -2.18. The highest BCUT2D eigenvalue weighted by Gasteiger charge is 2.07. The molecule has 0 aliphatic heterocycles. The molecule has 0 radical (unpaired) electrons. The van der Waals surface area contributed by atoms with Crippen molar-refractivity contribution in [2.45, 2.75) is 26.4 Å². The van der Waals surface area contributed by atoms with Crippen molar-refractivity contribution in [2.24, 2.45) is 0 Å². The Kier molecular flexibility index (Phi) is 4.48. The lowest BCUT2D eigenvalue weighted by Gasteiger charge is -2.14. The summed E-state index contributed by atoms with van der Waals surface area (Å²) in [5.74, 6) is 0.895. The largest absolute Gasteiger partial charge is 0.494 e. The molecule has 0 spiro atoms. The predicted molar refractivity (Wildman–Crippen MR) is 91.8 cm³/mol. The fourth-order valence-corrected chi connectivity index (χ4v) is 2.58. The maximum atomic E-state index is 11.3. The van der Waals surface area contributed by atoms with Gasteiger partial charge in [0.25, 0.3) is 0 Å². The first-order valence-electron chi connectivity index (χ1n) is 7.83. The van der Waals surface area contributed by atoms with Crippen LogP contribution >= 0.6 is 0 Å². The van der Waals surface area contributed by atoms with Crippen LogP contribution in [0.2, 0.25) is 0 Å². The Morgan fingerprint density at radius 2 is 1.83 bits per heavy atom. The molecule has 2 aromatic carbocycles. The van der Waals surface area contributed by atoms with Gasteiger partial charge >= 0.3 is 5.69 Å². The number of aromatic nitrogens is 2. The first-order chi connectivity index (χ1) is 11.2. The van der Waals surface area contributed by atoms with Gasteiger partial charge < -0.3 is 20.0 Å². The van der Waals surface area contributed by atoms with Crippen molar-refractivity contribution < 1.29 is 4.74 Å². The Labute approximate surface area is 134 Å². The summed E-state index contributed by atoms with van der Waals surface area (Å²) in [7, 11) is 0. The minimum Gasteiger partial charge on any atom is -0.494 e. The summed E-state index contributed by atoms with van der Waals surface area (Å²) in [4.78, 5) is 16.9. The second-order valence-corrected chi connectivity index (χ2v) is 5.56. The van der Waals surface area contributed by atoms with Gasteiger partial charge in [0.05, 0.1) is 17.6 Å². The van der Waals surface area contributed by atoms with Crippen molar-refractivity contribution in [2.75, 3.05) is 6.61 Å². The molecule has 0 bridgehead atoms. The molecule has 23 heavy (non-hydrogen) atoms. The number of nitrogens with one attached hydrogen (secondary N) is 3. The zero-order valence-corrected chi connectivity index (χ0v) is 13.3. The van der Waals surface area contributed by atoms with Crippen LogP contribution in [0.15, 0.2) is 47.3 Å². The lowest BCUT2D eigenvalue weighted by atomic mass is 10.1. The highest BCUT2D eigenvalue weighted by atomic mass is 16.5. The number of benzene rings is 2. The Morgan fingerprint density at radius 1 is 1.09 bits per heavy atom. The molecule has 3 aromatic rings. The number of fused-ring (bicyclic) bond motifs is 1. The molecule has 120 valence electrons. The molecule has 5 nitrogen and oxygen atoms in total. The third-order valence-electron chi connectivity index (χ3n) is 3.89. The summed E-state index contributed by atoms with van der Waals surface area (Å²) in [5.41, 5.74) is 3.84. The molecule has 0 aliphatic carbocycles. The SMILES string of the molecule is CCOc1ccc(CN[C@@H](C)c2ccc3[nH]c(=O)[nH]c3c2)cc1. The van der Waals surface area contributed by atoms with E-state index in [2.05, 4.69) is 34.3 Å². The second kappa shape index (κ2) is 6.71. The van der Waals surface area contributed by atoms with Crippen LogP contribution in [-0.2, 0) is 6.54 Å². The Balaban J connectivity index is 1.65. The molecule has 1 heterocycles. The van der Waals surface area contributed by atoms with Gasteiger partial charge in [-0.05, 0) is 49.2 Å². The number of ether oxygens (including phenoxy) is 1. The number of hydrogen-bond acceptors (Lipinski definition) is 3. The number of H-pyrrole nitrogens is 2. The Morgan fingerprint density at radius 3 is 2.57 bits per heavy atom. The quantitative estimate of drug-likeness (QED) is 0.655. The summed E-state index contributed by atoms with van der Waals surface area (Å²) in [6.45, 7) is 5.54. The highest BCUT2D eigenvalue weighted by molar-refractivity contribution is 5.75. The van der Waals surface area contributed by atoms with Gasteiger partial charge in [0.2, 0.25) is 0 Å². The third kappa shape index (κ3) is 3.63. The summed E-state index contributed by atoms with van der Waals surface area (Å²) >= 11 is 0. The van der Waals surface area contributed by atoms with Crippen LogP contribution in [0.3, 0.4) is 0 Å². The molecule has 1 atom stereocenters. The van der Waals surface area contributed by atoms with Crippen molar-refractivity contribution in [1.29, 1.82) is 0 Å². The minimum absolute atomic E-state index is 0.174. The molecule has 0 fully saturated rings. The maximum Gasteiger partial charge on any atom is 0.323 e. The standard InChI is InChI=1S/C18H21N3O2/c1-3-23-15-7-4-13(5-8-15)11-19-12(2)14-6-9-16-17(10-14)21-18(22)20-16/h4-10,12,19H,3,11H2,1-2H3,(H2,20,21,22)/t12-/m0/s1. The summed E-state index contributed by atoms with van der Waals surface area (Å²) < 4.78 is 5.45. The topological polar surface area (TPSA) is 69.9 Å². The predicted octanol–water partition coefficient (Wildman–Crippen LogP) is 3.11. The van der Waals surface area contributed by atoms with Crippen molar-refractivity contribution in [1.82, 2.24) is 15.3 Å². The number of rotatable bonds is 6. The third-order valence-corrected chi connectivity index (χ3v) is 3.89. The van der Waals surface area contributed by atoms with Crippen LogP contribution in [0, 0.1) is 0 Å². The van der Waals surface area contributed by atoms with Crippen molar-refractivity contribution in [3.05, 3.63) is 64.1 Å². The van der Waals surface area contributed by atoms with Crippen LogP contribution in [0.5, 0.6) is 5.75 Å². The van der Waals surface area contributed by atoms with E-state index in [1.807, 2.05) is 37.3 Å². The van der Waals surface area contributed by atoms with E-state index >= 15 is 0 Å². The van der Waals surface area contributed by atoms with Crippen LogP contribution in [0.1, 0.15) is 31.0 Å². The van der Waals surface area contributed by atoms with Crippen molar-refractivity contribution >= 4 is 11.0 Å². The van der Waals surface area contributed by atoms with Crippen LogP contribution in [-0.4, -0.2) is 16.6 Å². The molecule has 3 rings (SSSR count). The monoisotopic (exact) mass is 311 g/mol. The molecule has 1 aromatic heterocycles. The van der Waals surface area contributed by atoms with E-state index in [0.717, 1.165) is 28.9 Å². The fraction of sp³-hybridized carbons (Fsp3) is 0.278. The van der Waals surface area contributed by atoms with E-state index in [4.69, 9.17) is 4.74 Å². The number of imidazole rings is 1. The van der Waals surface area contributed by atoms with E-state index in [-0.39, 0.29) is 11.7 Å². The molecule has 0 saturated carbocycles. The molecule has 5 heteroatoms. The summed E-state index contributed by atoms with van der Waals surface area (Å²) in [6.07, 6.45) is 0. The van der Waals surface area contributed by atoms with Crippen LogP contribution < -0.4 is 15.7 Å². The lowest BCUT2D eigenvalue weighted by molar-refractivity contribution is 0.340. The van der Waals surface area contributed by atoms with E-state index in [1.165, 1.54) is 5.56 Å². The molecule has 0 saturated heterocycles. The zero-order chi connectivity index (χ0) is 16.2. The molecule has 0 aliphatic rings. The van der Waals surface area contributed by atoms with Crippen LogP contribution in [0.4, 0.5) is 0 Å². The highest BCUT2D eigenvalue weighted by Crippen LogP contribution is 2.18. The summed E-state index contributed by atoms with van der Waals surface area (Å²) in [6, 6.07) is 14.3. The van der Waals surface area contributed by atoms with Crippen LogP contribution in [0.25, 0.3) is 11.0 Å². The number of hydrogen-bond donors (Lipinski definition) is 3. The maximum absolute atomic E-state index is 11.3. The molecular formula is C18H21N3O2. The van der Waals surface area contributed by atoms with E-state index in [9.17, 15) is 4.79 Å². The van der Waals surface area contributed by atoms with E-state index in [0.29, 0.717) is 6.61 Å². The van der Waals surface area contributed by atoms with Gasteiger partial charge in [-0.3, -0.25) is 0 Å². The van der Waals surface area contributed by atoms with Gasteiger partial charge in [0.1, 0.15) is 5.75 Å². The van der Waals surface area contributed by atoms with Gasteiger partial charge in [-0.15, -0.1) is 0 Å².